The van der Waals surface area contributed by atoms with Crippen molar-refractivity contribution in [1.82, 2.24) is 0 Å². The van der Waals surface area contributed by atoms with Gasteiger partial charge in [-0.2, -0.15) is 36.4 Å². The Kier molecular flexibility index (Phi) is 27.6. The van der Waals surface area contributed by atoms with Crippen molar-refractivity contribution in [3.8, 4) is 0 Å². The summed E-state index contributed by atoms with van der Waals surface area (Å²) >= 11 is 0. The van der Waals surface area contributed by atoms with Crippen LogP contribution in [0, 0.1) is 0 Å². The largest absolute Gasteiger partial charge is 2.00 e. The van der Waals surface area contributed by atoms with Crippen molar-refractivity contribution in [3.63, 3.8) is 0 Å². The van der Waals surface area contributed by atoms with Crippen LogP contribution in [-0.4, -0.2) is 0 Å². The van der Waals surface area contributed by atoms with Crippen molar-refractivity contribution >= 4 is 32.3 Å². The molecule has 0 amide bonds. The standard InChI is InChI=1S/3C13H15.3BrH.3Ti/c3*1-3-10-8-9-11-6-5-7-13(11)12(10)4-2;;;;;;/h3*5-9H,3-4H2,1-2H3;3*1H;;;/q3*-1;;;;3*+2/p-3. The van der Waals surface area contributed by atoms with E-state index < -0.39 is 0 Å². The van der Waals surface area contributed by atoms with Crippen molar-refractivity contribution in [3.05, 3.63) is 124 Å². The Balaban J connectivity index is -0.000000551. The molecule has 6 aromatic rings. The molecule has 0 atom stereocenters. The maximum absolute atomic E-state index is 2.27. The quantitative estimate of drug-likeness (QED) is 0.178. The Bertz CT molecular complexity index is 1450. The van der Waals surface area contributed by atoms with Crippen molar-refractivity contribution < 1.29 is 116 Å². The van der Waals surface area contributed by atoms with Gasteiger partial charge in [0.2, 0.25) is 0 Å². The maximum Gasteiger partial charge on any atom is 2.00 e. The second-order valence-corrected chi connectivity index (χ2v) is 10.3. The van der Waals surface area contributed by atoms with Crippen LogP contribution >= 0.6 is 0 Å². The topological polar surface area (TPSA) is 0 Å². The fraction of sp³-hybridized carbons (Fsp3) is 0.308. The molecule has 0 unspecified atom stereocenters. The molecule has 0 spiro atoms. The number of benzene rings is 3. The van der Waals surface area contributed by atoms with Crippen molar-refractivity contribution in [2.75, 3.05) is 0 Å². The minimum absolute atomic E-state index is 0. The molecular weight excluding hydrogens is 852 g/mol. The van der Waals surface area contributed by atoms with Crippen molar-refractivity contribution in [1.29, 1.82) is 0 Å². The first-order valence-corrected chi connectivity index (χ1v) is 15.1. The van der Waals surface area contributed by atoms with E-state index >= 15 is 0 Å². The maximum atomic E-state index is 2.27. The Hall–Kier alpha value is 0.0729. The zero-order valence-corrected chi connectivity index (χ0v) is 37.0. The molecule has 0 radical (unpaired) electrons. The zero-order valence-electron chi connectivity index (χ0n) is 27.5. The molecule has 0 saturated heterocycles. The van der Waals surface area contributed by atoms with Crippen molar-refractivity contribution in [2.45, 2.75) is 80.1 Å². The first kappa shape index (κ1) is 49.5. The van der Waals surface area contributed by atoms with Gasteiger partial charge in [0, 0.05) is 0 Å². The average Bonchev–Trinajstić information content (AvgIpc) is 3.76. The molecule has 45 heavy (non-hydrogen) atoms. The van der Waals surface area contributed by atoms with Crippen LogP contribution in [-0.2, 0) is 104 Å². The summed E-state index contributed by atoms with van der Waals surface area (Å²) in [6.07, 6.45) is 6.86. The van der Waals surface area contributed by atoms with Gasteiger partial charge in [0.25, 0.3) is 0 Å². The molecule has 0 aliphatic heterocycles. The molecular formula is C39H45Br3Ti3. The van der Waals surface area contributed by atoms with Crippen LogP contribution in [0.2, 0.25) is 0 Å². The fourth-order valence-corrected chi connectivity index (χ4v) is 6.20. The van der Waals surface area contributed by atoms with Gasteiger partial charge >= 0.3 is 65.2 Å². The Morgan fingerprint density at radius 3 is 0.800 bits per heavy atom. The molecule has 0 N–H and O–H groups in total. The predicted octanol–water partition coefficient (Wildman–Crippen LogP) is 2.06. The van der Waals surface area contributed by atoms with E-state index in [1.807, 2.05) is 0 Å². The summed E-state index contributed by atoms with van der Waals surface area (Å²) in [7, 11) is 0. The summed E-state index contributed by atoms with van der Waals surface area (Å²) in [5.41, 5.74) is 9.10. The number of aryl methyl sites for hydroxylation is 6. The minimum atomic E-state index is 0. The Morgan fingerprint density at radius 1 is 0.356 bits per heavy atom. The third-order valence-corrected chi connectivity index (χ3v) is 8.28. The van der Waals surface area contributed by atoms with E-state index in [2.05, 4.69) is 133 Å². The normalized spacial score (nSPS) is 9.47. The smallest absolute Gasteiger partial charge is 1.00 e. The van der Waals surface area contributed by atoms with Crippen LogP contribution in [0.15, 0.2) is 91.0 Å². The fourth-order valence-electron chi connectivity index (χ4n) is 6.20. The SMILES string of the molecule is CCc1ccc2[cH-]ccc2c1CC.CCc1ccc2[cH-]ccc2c1CC.CCc1ccc2[cH-]ccc2c1CC.[Br-].[Br-].[Br-].[Ti+2].[Ti+2].[Ti+2]. The van der Waals surface area contributed by atoms with Crippen LogP contribution in [0.4, 0.5) is 0 Å². The molecule has 234 valence electrons. The van der Waals surface area contributed by atoms with E-state index in [-0.39, 0.29) is 116 Å². The van der Waals surface area contributed by atoms with E-state index in [4.69, 9.17) is 0 Å². The van der Waals surface area contributed by atoms with Crippen LogP contribution in [0.25, 0.3) is 32.3 Å². The predicted molar refractivity (Wildman–Crippen MR) is 175 cm³/mol. The zero-order chi connectivity index (χ0) is 27.8. The molecule has 0 aliphatic carbocycles. The van der Waals surface area contributed by atoms with Gasteiger partial charge in [-0.1, -0.05) is 74.9 Å². The third kappa shape index (κ3) is 11.9. The van der Waals surface area contributed by atoms with Gasteiger partial charge in [-0.25, -0.2) is 0 Å². The van der Waals surface area contributed by atoms with E-state index in [0.29, 0.717) is 0 Å². The second-order valence-electron chi connectivity index (χ2n) is 10.3. The molecule has 6 heteroatoms. The Morgan fingerprint density at radius 2 is 0.600 bits per heavy atom. The molecule has 0 nitrogen and oxygen atoms in total. The average molecular weight is 897 g/mol. The van der Waals surface area contributed by atoms with Crippen LogP contribution in [0.5, 0.6) is 0 Å². The van der Waals surface area contributed by atoms with Gasteiger partial charge in [0.15, 0.2) is 0 Å². The summed E-state index contributed by atoms with van der Waals surface area (Å²) in [5.74, 6) is 0. The van der Waals surface area contributed by atoms with Crippen LogP contribution in [0.3, 0.4) is 0 Å². The Labute approximate surface area is 349 Å². The van der Waals surface area contributed by atoms with E-state index in [1.165, 1.54) is 65.7 Å². The summed E-state index contributed by atoms with van der Waals surface area (Å²) in [5, 5.41) is 8.49. The summed E-state index contributed by atoms with van der Waals surface area (Å²) in [6, 6.07) is 33.2. The molecule has 0 heterocycles. The first-order valence-electron chi connectivity index (χ1n) is 15.1. The molecule has 0 bridgehead atoms. The van der Waals surface area contributed by atoms with Gasteiger partial charge < -0.3 is 50.9 Å². The second kappa shape index (κ2) is 25.1. The van der Waals surface area contributed by atoms with Gasteiger partial charge in [-0.3, -0.25) is 0 Å². The van der Waals surface area contributed by atoms with E-state index in [9.17, 15) is 0 Å². The minimum Gasteiger partial charge on any atom is -1.00 e. The number of hydrogen-bond acceptors (Lipinski definition) is 0. The third-order valence-electron chi connectivity index (χ3n) is 8.28. The molecule has 6 aromatic carbocycles. The molecule has 6 rings (SSSR count). The van der Waals surface area contributed by atoms with E-state index in [1.54, 1.807) is 0 Å². The van der Waals surface area contributed by atoms with Gasteiger partial charge in [0.1, 0.15) is 0 Å². The number of hydrogen-bond donors (Lipinski definition) is 0. The summed E-state index contributed by atoms with van der Waals surface area (Å²) in [4.78, 5) is 0. The number of rotatable bonds is 6. The monoisotopic (exact) mass is 894 g/mol. The number of fused-ring (bicyclic) bond motifs is 3. The van der Waals surface area contributed by atoms with Crippen LogP contribution < -0.4 is 50.9 Å². The first-order chi connectivity index (χ1) is 19.1. The molecule has 0 fully saturated rings. The van der Waals surface area contributed by atoms with Gasteiger partial charge in [-0.15, -0.1) is 86.9 Å². The van der Waals surface area contributed by atoms with E-state index in [0.717, 1.165) is 38.5 Å². The summed E-state index contributed by atoms with van der Waals surface area (Å²) < 4.78 is 0. The summed E-state index contributed by atoms with van der Waals surface area (Å²) in [6.45, 7) is 13.4. The molecule has 0 aliphatic rings. The van der Waals surface area contributed by atoms with Crippen LogP contribution in [0.1, 0.15) is 74.9 Å². The van der Waals surface area contributed by atoms with Gasteiger partial charge in [0.05, 0.1) is 0 Å². The van der Waals surface area contributed by atoms with Crippen molar-refractivity contribution in [2.24, 2.45) is 0 Å². The van der Waals surface area contributed by atoms with Gasteiger partial charge in [-0.05, 0) is 38.5 Å². The molecule has 0 aromatic heterocycles. The number of halogens is 3. The molecule has 0 saturated carbocycles.